The Morgan fingerprint density at radius 2 is 2.10 bits per heavy atom. The zero-order valence-electron chi connectivity index (χ0n) is 13.0. The lowest BCUT2D eigenvalue weighted by molar-refractivity contribution is 0.290. The van der Waals surface area contributed by atoms with E-state index in [2.05, 4.69) is 53.4 Å². The average molecular weight is 292 g/mol. The Hall–Kier alpha value is -1.20. The third kappa shape index (κ3) is 3.27. The van der Waals surface area contributed by atoms with E-state index in [1.807, 2.05) is 13.1 Å². The molecule has 110 valence electrons. The van der Waals surface area contributed by atoms with Crippen molar-refractivity contribution in [3.63, 3.8) is 0 Å². The summed E-state index contributed by atoms with van der Waals surface area (Å²) in [4.78, 5) is 10.1. The number of rotatable bonds is 5. The molecule has 2 rings (SSSR count). The molecule has 2 heterocycles. The molecule has 0 saturated carbocycles. The SMILES string of the molecule is Cc1cnc2c(c1)[nH]c(=S)n2C(CC(C)C)CN(C)C. The molecule has 0 fully saturated rings. The predicted molar refractivity (Wildman–Crippen MR) is 86.7 cm³/mol. The number of likely N-dealkylation sites (N-methyl/N-ethyl adjacent to an activating group) is 1. The van der Waals surface area contributed by atoms with E-state index in [0.717, 1.165) is 34.5 Å². The van der Waals surface area contributed by atoms with E-state index in [0.29, 0.717) is 12.0 Å². The molecule has 20 heavy (non-hydrogen) atoms. The number of aryl methyl sites for hydroxylation is 1. The molecule has 0 bridgehead atoms. The molecule has 2 aromatic heterocycles. The average Bonchev–Trinajstić information content (AvgIpc) is 2.61. The first kappa shape index (κ1) is 15.2. The van der Waals surface area contributed by atoms with Crippen LogP contribution in [0.25, 0.3) is 11.2 Å². The van der Waals surface area contributed by atoms with E-state index < -0.39 is 0 Å². The van der Waals surface area contributed by atoms with Gasteiger partial charge in [0.2, 0.25) is 0 Å². The summed E-state index contributed by atoms with van der Waals surface area (Å²) < 4.78 is 2.95. The molecule has 5 heteroatoms. The molecule has 0 saturated heterocycles. The van der Waals surface area contributed by atoms with Crippen molar-refractivity contribution >= 4 is 23.4 Å². The summed E-state index contributed by atoms with van der Waals surface area (Å²) in [6.45, 7) is 7.51. The van der Waals surface area contributed by atoms with Gasteiger partial charge in [-0.1, -0.05) is 13.8 Å². The number of aromatic amines is 1. The van der Waals surface area contributed by atoms with Crippen molar-refractivity contribution in [3.05, 3.63) is 22.6 Å². The maximum Gasteiger partial charge on any atom is 0.179 e. The number of aromatic nitrogens is 3. The Morgan fingerprint density at radius 1 is 1.40 bits per heavy atom. The Morgan fingerprint density at radius 3 is 2.70 bits per heavy atom. The minimum atomic E-state index is 0.349. The molecule has 0 radical (unpaired) electrons. The lowest BCUT2D eigenvalue weighted by Crippen LogP contribution is -2.26. The van der Waals surface area contributed by atoms with Crippen LogP contribution in [0.1, 0.15) is 31.9 Å². The van der Waals surface area contributed by atoms with Crippen LogP contribution in [0.5, 0.6) is 0 Å². The first-order valence-corrected chi connectivity index (χ1v) is 7.51. The van der Waals surface area contributed by atoms with Crippen LogP contribution in [0, 0.1) is 17.6 Å². The number of imidazole rings is 1. The summed E-state index contributed by atoms with van der Waals surface area (Å²) in [5.74, 6) is 0.622. The van der Waals surface area contributed by atoms with Crippen LogP contribution < -0.4 is 0 Å². The number of nitrogens with one attached hydrogen (secondary N) is 1. The molecule has 0 amide bonds. The molecular weight excluding hydrogens is 268 g/mol. The largest absolute Gasteiger partial charge is 0.329 e. The maximum absolute atomic E-state index is 5.53. The van der Waals surface area contributed by atoms with E-state index in [1.54, 1.807) is 0 Å². The van der Waals surface area contributed by atoms with Gasteiger partial charge in [-0.25, -0.2) is 4.98 Å². The van der Waals surface area contributed by atoms with Gasteiger partial charge >= 0.3 is 0 Å². The van der Waals surface area contributed by atoms with Crippen molar-refractivity contribution in [2.45, 2.75) is 33.2 Å². The summed E-state index contributed by atoms with van der Waals surface area (Å²) in [7, 11) is 4.20. The van der Waals surface area contributed by atoms with Gasteiger partial charge in [0.25, 0.3) is 0 Å². The van der Waals surface area contributed by atoms with Crippen LogP contribution in [0.2, 0.25) is 0 Å². The zero-order chi connectivity index (χ0) is 14.9. The van der Waals surface area contributed by atoms with Gasteiger partial charge in [0.15, 0.2) is 10.4 Å². The predicted octanol–water partition coefficient (Wildman–Crippen LogP) is 3.55. The molecule has 0 aliphatic heterocycles. The monoisotopic (exact) mass is 292 g/mol. The first-order chi connectivity index (χ1) is 9.38. The summed E-state index contributed by atoms with van der Waals surface area (Å²) in [5, 5.41) is 0. The third-order valence-electron chi connectivity index (χ3n) is 3.38. The first-order valence-electron chi connectivity index (χ1n) is 7.10. The van der Waals surface area contributed by atoms with Crippen LogP contribution in [0.3, 0.4) is 0 Å². The van der Waals surface area contributed by atoms with E-state index in [1.165, 1.54) is 0 Å². The molecule has 0 spiro atoms. The fourth-order valence-electron chi connectivity index (χ4n) is 2.68. The molecule has 1 atom stereocenters. The second kappa shape index (κ2) is 6.06. The summed E-state index contributed by atoms with van der Waals surface area (Å²) in [5.41, 5.74) is 3.14. The molecule has 0 aliphatic carbocycles. The molecule has 2 aromatic rings. The number of pyridine rings is 1. The minimum Gasteiger partial charge on any atom is -0.329 e. The standard InChI is InChI=1S/C15H24N4S/c1-10(2)6-12(9-18(4)5)19-14-13(17-15(19)20)7-11(3)8-16-14/h7-8,10,12H,6,9H2,1-5H3,(H,17,20). The van der Waals surface area contributed by atoms with E-state index >= 15 is 0 Å². The molecule has 1 N–H and O–H groups in total. The van der Waals surface area contributed by atoms with Gasteiger partial charge < -0.3 is 9.88 Å². The number of H-pyrrole nitrogens is 1. The summed E-state index contributed by atoms with van der Waals surface area (Å²) >= 11 is 5.53. The van der Waals surface area contributed by atoms with Crippen LogP contribution in [-0.2, 0) is 0 Å². The van der Waals surface area contributed by atoms with Gasteiger partial charge in [-0.05, 0) is 57.2 Å². The summed E-state index contributed by atoms with van der Waals surface area (Å²) in [6.07, 6.45) is 3.00. The van der Waals surface area contributed by atoms with Gasteiger partial charge in [0.1, 0.15) is 0 Å². The Kier molecular flexibility index (Phi) is 4.60. The lowest BCUT2D eigenvalue weighted by Gasteiger charge is -2.24. The van der Waals surface area contributed by atoms with Gasteiger partial charge in [-0.15, -0.1) is 0 Å². The highest BCUT2D eigenvalue weighted by atomic mass is 32.1. The molecular formula is C15H24N4S. The third-order valence-corrected chi connectivity index (χ3v) is 3.68. The number of fused-ring (bicyclic) bond motifs is 1. The topological polar surface area (TPSA) is 36.9 Å². The van der Waals surface area contributed by atoms with E-state index in [4.69, 9.17) is 12.2 Å². The molecule has 4 nitrogen and oxygen atoms in total. The quantitative estimate of drug-likeness (QED) is 0.856. The summed E-state index contributed by atoms with van der Waals surface area (Å²) in [6, 6.07) is 2.46. The highest BCUT2D eigenvalue weighted by molar-refractivity contribution is 7.71. The molecule has 0 aromatic carbocycles. The molecule has 0 aliphatic rings. The van der Waals surface area contributed by atoms with Gasteiger partial charge in [0.05, 0.1) is 11.6 Å². The van der Waals surface area contributed by atoms with E-state index in [-0.39, 0.29) is 0 Å². The van der Waals surface area contributed by atoms with Crippen LogP contribution in [-0.4, -0.2) is 40.1 Å². The number of hydrogen-bond acceptors (Lipinski definition) is 3. The van der Waals surface area contributed by atoms with Crippen LogP contribution >= 0.6 is 12.2 Å². The van der Waals surface area contributed by atoms with Gasteiger partial charge in [-0.3, -0.25) is 4.57 Å². The van der Waals surface area contributed by atoms with Crippen molar-refractivity contribution in [2.75, 3.05) is 20.6 Å². The van der Waals surface area contributed by atoms with Crippen LogP contribution in [0.15, 0.2) is 12.3 Å². The van der Waals surface area contributed by atoms with Crippen molar-refractivity contribution in [3.8, 4) is 0 Å². The number of nitrogens with zero attached hydrogens (tertiary/aromatic N) is 3. The second-order valence-electron chi connectivity index (χ2n) is 6.23. The Bertz CT molecular complexity index is 629. The van der Waals surface area contributed by atoms with E-state index in [9.17, 15) is 0 Å². The van der Waals surface area contributed by atoms with Crippen molar-refractivity contribution in [1.82, 2.24) is 19.4 Å². The smallest absolute Gasteiger partial charge is 0.179 e. The van der Waals surface area contributed by atoms with Crippen molar-refractivity contribution in [2.24, 2.45) is 5.92 Å². The lowest BCUT2D eigenvalue weighted by atomic mass is 10.0. The van der Waals surface area contributed by atoms with Crippen molar-refractivity contribution < 1.29 is 0 Å². The fraction of sp³-hybridized carbons (Fsp3) is 0.600. The van der Waals surface area contributed by atoms with Gasteiger partial charge in [0, 0.05) is 12.7 Å². The van der Waals surface area contributed by atoms with Crippen LogP contribution in [0.4, 0.5) is 0 Å². The Labute approximate surface area is 125 Å². The highest BCUT2D eigenvalue weighted by Gasteiger charge is 2.18. The minimum absolute atomic E-state index is 0.349. The normalized spacial score (nSPS) is 13.6. The van der Waals surface area contributed by atoms with Gasteiger partial charge in [-0.2, -0.15) is 0 Å². The van der Waals surface area contributed by atoms with Crippen molar-refractivity contribution in [1.29, 1.82) is 0 Å². The zero-order valence-corrected chi connectivity index (χ0v) is 13.8. The Balaban J connectivity index is 2.51. The maximum atomic E-state index is 5.53. The molecule has 1 unspecified atom stereocenters. The highest BCUT2D eigenvalue weighted by Crippen LogP contribution is 2.24. The number of hydrogen-bond donors (Lipinski definition) is 1. The second-order valence-corrected chi connectivity index (χ2v) is 6.62. The fourth-order valence-corrected chi connectivity index (χ4v) is 3.03.